The first-order valence-electron chi connectivity index (χ1n) is 7.63. The topological polar surface area (TPSA) is 12.0 Å². The molecule has 21 heavy (non-hydrogen) atoms. The van der Waals surface area contributed by atoms with Crippen molar-refractivity contribution in [3.63, 3.8) is 0 Å². The van der Waals surface area contributed by atoms with E-state index in [-0.39, 0.29) is 11.2 Å². The van der Waals surface area contributed by atoms with Gasteiger partial charge in [0, 0.05) is 18.0 Å². The van der Waals surface area contributed by atoms with Gasteiger partial charge in [0.2, 0.25) is 0 Å². The van der Waals surface area contributed by atoms with Gasteiger partial charge in [0.15, 0.2) is 0 Å². The first kappa shape index (κ1) is 14.3. The van der Waals surface area contributed by atoms with Crippen LogP contribution in [-0.2, 0) is 11.8 Å². The molecule has 0 heterocycles. The molecular weight excluding hydrogens is 261 g/mol. The summed E-state index contributed by atoms with van der Waals surface area (Å²) in [4.78, 5) is 0. The molecular formula is C19H22FN. The highest BCUT2D eigenvalue weighted by molar-refractivity contribution is 5.35. The van der Waals surface area contributed by atoms with E-state index in [9.17, 15) is 4.39 Å². The van der Waals surface area contributed by atoms with Crippen LogP contribution in [0.1, 0.15) is 43.0 Å². The van der Waals surface area contributed by atoms with Crippen LogP contribution in [0, 0.1) is 5.82 Å². The predicted molar refractivity (Wildman–Crippen MR) is 84.9 cm³/mol. The molecule has 3 rings (SSSR count). The van der Waals surface area contributed by atoms with Gasteiger partial charge in [-0.1, -0.05) is 50.2 Å². The maximum absolute atomic E-state index is 13.3. The van der Waals surface area contributed by atoms with Crippen molar-refractivity contribution in [3.05, 3.63) is 71.0 Å². The van der Waals surface area contributed by atoms with Gasteiger partial charge in [-0.25, -0.2) is 4.39 Å². The van der Waals surface area contributed by atoms with E-state index < -0.39 is 0 Å². The van der Waals surface area contributed by atoms with Crippen LogP contribution in [0.3, 0.4) is 0 Å². The molecule has 0 aromatic heterocycles. The third-order valence-electron chi connectivity index (χ3n) is 4.53. The number of benzene rings is 2. The van der Waals surface area contributed by atoms with E-state index in [1.807, 2.05) is 6.07 Å². The minimum Gasteiger partial charge on any atom is -0.309 e. The van der Waals surface area contributed by atoms with Crippen molar-refractivity contribution in [1.82, 2.24) is 5.32 Å². The van der Waals surface area contributed by atoms with Crippen LogP contribution in [0.15, 0.2) is 48.5 Å². The number of hydrogen-bond donors (Lipinski definition) is 1. The van der Waals surface area contributed by atoms with Crippen LogP contribution in [0.2, 0.25) is 0 Å². The molecule has 0 fully saturated rings. The summed E-state index contributed by atoms with van der Waals surface area (Å²) >= 11 is 0. The third kappa shape index (κ3) is 3.01. The van der Waals surface area contributed by atoms with Crippen LogP contribution < -0.4 is 5.32 Å². The lowest BCUT2D eigenvalue weighted by atomic mass is 9.84. The Morgan fingerprint density at radius 3 is 2.67 bits per heavy atom. The Balaban J connectivity index is 1.70. The average molecular weight is 283 g/mol. The summed E-state index contributed by atoms with van der Waals surface area (Å²) in [6, 6.07) is 16.1. The van der Waals surface area contributed by atoms with Crippen LogP contribution in [0.25, 0.3) is 0 Å². The fourth-order valence-electron chi connectivity index (χ4n) is 3.17. The third-order valence-corrected chi connectivity index (χ3v) is 4.53. The first-order chi connectivity index (χ1) is 10.1. The molecule has 0 saturated carbocycles. The van der Waals surface area contributed by atoms with E-state index in [2.05, 4.69) is 49.5 Å². The Bertz CT molecular complexity index is 619. The molecule has 1 N–H and O–H groups in total. The average Bonchev–Trinajstić information content (AvgIpc) is 2.88. The summed E-state index contributed by atoms with van der Waals surface area (Å²) in [6.07, 6.45) is 2.03. The molecule has 0 radical (unpaired) electrons. The number of nitrogens with one attached hydrogen (secondary N) is 1. The van der Waals surface area contributed by atoms with E-state index in [0.29, 0.717) is 6.04 Å². The van der Waals surface area contributed by atoms with Gasteiger partial charge in [-0.3, -0.25) is 0 Å². The smallest absolute Gasteiger partial charge is 0.123 e. The standard InChI is InChI=1S/C19H22FN/c1-19(2,15-6-4-3-5-7-15)13-21-18-11-8-14-12-16(20)9-10-17(14)18/h3-7,9-10,12,18,21H,8,11,13H2,1-2H3. The van der Waals surface area contributed by atoms with Gasteiger partial charge < -0.3 is 5.32 Å². The van der Waals surface area contributed by atoms with Crippen LogP contribution in [-0.4, -0.2) is 6.54 Å². The number of halogens is 1. The van der Waals surface area contributed by atoms with Crippen molar-refractivity contribution in [3.8, 4) is 0 Å². The second-order valence-electron chi connectivity index (χ2n) is 6.57. The van der Waals surface area contributed by atoms with Gasteiger partial charge in [0.1, 0.15) is 5.82 Å². The van der Waals surface area contributed by atoms with E-state index >= 15 is 0 Å². The van der Waals surface area contributed by atoms with Gasteiger partial charge in [0.05, 0.1) is 0 Å². The monoisotopic (exact) mass is 283 g/mol. The van der Waals surface area contributed by atoms with Crippen molar-refractivity contribution < 1.29 is 4.39 Å². The number of rotatable bonds is 4. The normalized spacial score (nSPS) is 17.8. The van der Waals surface area contributed by atoms with Gasteiger partial charge in [0.25, 0.3) is 0 Å². The predicted octanol–water partition coefficient (Wildman–Crippen LogP) is 4.38. The molecule has 0 bridgehead atoms. The second-order valence-corrected chi connectivity index (χ2v) is 6.57. The summed E-state index contributed by atoms with van der Waals surface area (Å²) < 4.78 is 13.3. The van der Waals surface area contributed by atoms with Crippen molar-refractivity contribution >= 4 is 0 Å². The number of hydrogen-bond acceptors (Lipinski definition) is 1. The van der Waals surface area contributed by atoms with Crippen molar-refractivity contribution in [2.24, 2.45) is 0 Å². The Hall–Kier alpha value is -1.67. The molecule has 2 heteroatoms. The Morgan fingerprint density at radius 1 is 1.14 bits per heavy atom. The molecule has 1 aliphatic carbocycles. The van der Waals surface area contributed by atoms with E-state index in [1.54, 1.807) is 12.1 Å². The van der Waals surface area contributed by atoms with E-state index in [4.69, 9.17) is 0 Å². The van der Waals surface area contributed by atoms with E-state index in [0.717, 1.165) is 24.9 Å². The summed E-state index contributed by atoms with van der Waals surface area (Å²) in [5, 5.41) is 3.67. The van der Waals surface area contributed by atoms with Crippen LogP contribution >= 0.6 is 0 Å². The minimum absolute atomic E-state index is 0.0873. The highest BCUT2D eigenvalue weighted by atomic mass is 19.1. The van der Waals surface area contributed by atoms with E-state index in [1.165, 1.54) is 11.1 Å². The summed E-state index contributed by atoms with van der Waals surface area (Å²) in [5.74, 6) is -0.126. The quantitative estimate of drug-likeness (QED) is 0.878. The first-order valence-corrected chi connectivity index (χ1v) is 7.63. The molecule has 1 unspecified atom stereocenters. The zero-order valence-corrected chi connectivity index (χ0v) is 12.7. The van der Waals surface area contributed by atoms with Gasteiger partial charge in [-0.05, 0) is 41.7 Å². The number of aryl methyl sites for hydroxylation is 1. The molecule has 1 atom stereocenters. The van der Waals surface area contributed by atoms with Crippen molar-refractivity contribution in [2.45, 2.75) is 38.1 Å². The Morgan fingerprint density at radius 2 is 1.90 bits per heavy atom. The maximum Gasteiger partial charge on any atom is 0.123 e. The highest BCUT2D eigenvalue weighted by Crippen LogP contribution is 2.32. The molecule has 110 valence electrons. The molecule has 1 aliphatic rings. The van der Waals surface area contributed by atoms with Crippen molar-refractivity contribution in [2.75, 3.05) is 6.54 Å². The summed E-state index contributed by atoms with van der Waals surface area (Å²) in [5.41, 5.74) is 3.85. The molecule has 0 spiro atoms. The lowest BCUT2D eigenvalue weighted by Gasteiger charge is -2.28. The molecule has 1 nitrogen and oxygen atoms in total. The summed E-state index contributed by atoms with van der Waals surface area (Å²) in [7, 11) is 0. The largest absolute Gasteiger partial charge is 0.309 e. The highest BCUT2D eigenvalue weighted by Gasteiger charge is 2.26. The fourth-order valence-corrected chi connectivity index (χ4v) is 3.17. The molecule has 2 aromatic rings. The van der Waals surface area contributed by atoms with Crippen LogP contribution in [0.5, 0.6) is 0 Å². The van der Waals surface area contributed by atoms with Gasteiger partial charge in [-0.15, -0.1) is 0 Å². The Kier molecular flexibility index (Phi) is 3.81. The van der Waals surface area contributed by atoms with Crippen molar-refractivity contribution in [1.29, 1.82) is 0 Å². The second kappa shape index (κ2) is 5.61. The molecule has 0 saturated heterocycles. The van der Waals surface area contributed by atoms with Crippen LogP contribution in [0.4, 0.5) is 4.39 Å². The van der Waals surface area contributed by atoms with Gasteiger partial charge in [-0.2, -0.15) is 0 Å². The lowest BCUT2D eigenvalue weighted by molar-refractivity contribution is 0.421. The number of fused-ring (bicyclic) bond motifs is 1. The lowest BCUT2D eigenvalue weighted by Crippen LogP contribution is -2.34. The molecule has 0 amide bonds. The van der Waals surface area contributed by atoms with Gasteiger partial charge >= 0.3 is 0 Å². The molecule has 0 aliphatic heterocycles. The zero-order valence-electron chi connectivity index (χ0n) is 12.7. The zero-order chi connectivity index (χ0) is 14.9. The summed E-state index contributed by atoms with van der Waals surface area (Å²) in [6.45, 7) is 5.43. The SMILES string of the molecule is CC(C)(CNC1CCc2cc(F)ccc21)c1ccccc1. The minimum atomic E-state index is -0.126. The maximum atomic E-state index is 13.3. The molecule has 2 aromatic carbocycles. The fraction of sp³-hybridized carbons (Fsp3) is 0.368. The Labute approximate surface area is 126 Å².